The fourth-order valence-corrected chi connectivity index (χ4v) is 3.93. The van der Waals surface area contributed by atoms with Gasteiger partial charge < -0.3 is 4.18 Å². The van der Waals surface area contributed by atoms with Gasteiger partial charge in [-0.05, 0) is 42.8 Å². The second-order valence-electron chi connectivity index (χ2n) is 6.23. The summed E-state index contributed by atoms with van der Waals surface area (Å²) in [7, 11) is 0. The number of carbonyl (C=O) groups excluding carboxylic acids is 1. The third kappa shape index (κ3) is 4.62. The van der Waals surface area contributed by atoms with Crippen molar-refractivity contribution in [2.75, 3.05) is 10.7 Å². The van der Waals surface area contributed by atoms with Gasteiger partial charge in [-0.15, -0.1) is 0 Å². The van der Waals surface area contributed by atoms with Gasteiger partial charge in [-0.1, -0.05) is 58.2 Å². The monoisotopic (exact) mass is 486 g/mol. The van der Waals surface area contributed by atoms with Crippen molar-refractivity contribution in [3.63, 3.8) is 0 Å². The number of nitrogens with zero attached hydrogens (tertiary/aromatic N) is 2. The van der Waals surface area contributed by atoms with Gasteiger partial charge in [0.2, 0.25) is 0 Å². The fraction of sp³-hybridized carbons (Fsp3) is 0.263. The Labute approximate surface area is 181 Å². The maximum Gasteiger partial charge on any atom is 0.312 e. The van der Waals surface area contributed by atoms with Crippen molar-refractivity contribution < 1.29 is 8.98 Å². The van der Waals surface area contributed by atoms with E-state index in [2.05, 4.69) is 20.9 Å². The number of amides is 1. The highest BCUT2D eigenvalue weighted by Gasteiger charge is 2.47. The second-order valence-corrected chi connectivity index (χ2v) is 9.00. The lowest BCUT2D eigenvalue weighted by Crippen LogP contribution is -2.42. The van der Waals surface area contributed by atoms with Crippen LogP contribution >= 0.6 is 51.2 Å². The number of carbonyl (C=O) groups is 1. The minimum absolute atomic E-state index is 0.185. The highest BCUT2D eigenvalue weighted by atomic mass is 79.9. The van der Waals surface area contributed by atoms with Crippen LogP contribution in [0.4, 0.5) is 5.69 Å². The van der Waals surface area contributed by atoms with Gasteiger partial charge in [-0.25, -0.2) is 9.89 Å². The van der Waals surface area contributed by atoms with Crippen LogP contribution in [0.15, 0.2) is 51.9 Å². The van der Waals surface area contributed by atoms with Gasteiger partial charge in [0.15, 0.2) is 0 Å². The molecule has 8 heteroatoms. The molecular formula is C19H17BrCl2N2O2S. The average molecular weight is 488 g/mol. The van der Waals surface area contributed by atoms with Gasteiger partial charge in [-0.2, -0.15) is 0 Å². The van der Waals surface area contributed by atoms with Crippen molar-refractivity contribution in [1.82, 2.24) is 0 Å². The number of anilines is 1. The third-order valence-electron chi connectivity index (χ3n) is 4.02. The Balaban J connectivity index is 1.97. The number of halogens is 3. The number of hydrogen-bond donors (Lipinski definition) is 0. The molecule has 142 valence electrons. The molecule has 0 aromatic heterocycles. The third-order valence-corrected chi connectivity index (χ3v) is 5.48. The van der Waals surface area contributed by atoms with E-state index in [1.54, 1.807) is 18.2 Å². The van der Waals surface area contributed by atoms with Crippen LogP contribution in [0.25, 0.3) is 0 Å². The van der Waals surface area contributed by atoms with Crippen LogP contribution in [0.5, 0.6) is 0 Å². The van der Waals surface area contributed by atoms with E-state index in [0.29, 0.717) is 22.2 Å². The van der Waals surface area contributed by atoms with Crippen molar-refractivity contribution in [1.29, 1.82) is 0 Å². The Morgan fingerprint density at radius 2 is 1.81 bits per heavy atom. The van der Waals surface area contributed by atoms with Gasteiger partial charge in [0.05, 0.1) is 17.7 Å². The van der Waals surface area contributed by atoms with Crippen LogP contribution in [-0.2, 0) is 15.4 Å². The van der Waals surface area contributed by atoms with E-state index in [0.717, 1.165) is 15.8 Å². The molecule has 1 unspecified atom stereocenters. The molecule has 0 N–H and O–H groups in total. The Bertz CT molecular complexity index is 872. The summed E-state index contributed by atoms with van der Waals surface area (Å²) in [5, 5.41) is 0.878. The summed E-state index contributed by atoms with van der Waals surface area (Å²) in [5.41, 5.74) is 0.561. The minimum Gasteiger partial charge on any atom is -0.390 e. The zero-order valence-corrected chi connectivity index (χ0v) is 18.6. The molecule has 0 fully saturated rings. The van der Waals surface area contributed by atoms with Crippen molar-refractivity contribution in [2.24, 2.45) is 4.99 Å². The summed E-state index contributed by atoms with van der Waals surface area (Å²) < 4.78 is 6.68. The molecule has 1 aliphatic heterocycles. The van der Waals surface area contributed by atoms with Crippen LogP contribution in [0.3, 0.4) is 0 Å². The van der Waals surface area contributed by atoms with Gasteiger partial charge in [0.25, 0.3) is 5.91 Å². The Morgan fingerprint density at radius 1 is 1.19 bits per heavy atom. The molecule has 4 nitrogen and oxygen atoms in total. The molecule has 1 heterocycles. The maximum atomic E-state index is 13.3. The van der Waals surface area contributed by atoms with Gasteiger partial charge in [0.1, 0.15) is 5.54 Å². The molecule has 1 atom stereocenters. The smallest absolute Gasteiger partial charge is 0.312 e. The molecule has 2 aromatic rings. The molecule has 2 aromatic carbocycles. The predicted molar refractivity (Wildman–Crippen MR) is 117 cm³/mol. The number of benzene rings is 2. The molecule has 27 heavy (non-hydrogen) atoms. The second kappa shape index (κ2) is 8.43. The van der Waals surface area contributed by atoms with Gasteiger partial charge in [-0.3, -0.25) is 4.79 Å². The van der Waals surface area contributed by atoms with Crippen molar-refractivity contribution in [3.8, 4) is 0 Å². The molecule has 1 aliphatic rings. The number of aliphatic imine (C=N–C) groups is 1. The lowest BCUT2D eigenvalue weighted by Gasteiger charge is -2.22. The van der Waals surface area contributed by atoms with Crippen molar-refractivity contribution in [2.45, 2.75) is 25.8 Å². The molecule has 0 bridgehead atoms. The van der Waals surface area contributed by atoms with Crippen LogP contribution in [0.2, 0.25) is 10.0 Å². The van der Waals surface area contributed by atoms with E-state index in [4.69, 9.17) is 27.4 Å². The summed E-state index contributed by atoms with van der Waals surface area (Å²) in [4.78, 5) is 19.4. The molecule has 0 radical (unpaired) electrons. The summed E-state index contributed by atoms with van der Waals surface area (Å²) in [6, 6.07) is 13.0. The first-order valence-corrected chi connectivity index (χ1v) is 10.7. The zero-order chi connectivity index (χ0) is 19.6. The standard InChI is InChI=1S/C19H17BrCl2N2O2S/c1-3-27-26-18-23-19(2,11-12-4-6-13(20)7-5-12)17(25)24(18)16-9-14(21)8-15(22)10-16/h4-10H,3,11H2,1-2H3. The first-order valence-electron chi connectivity index (χ1n) is 8.27. The fourth-order valence-electron chi connectivity index (χ4n) is 2.82. The average Bonchev–Trinajstić information content (AvgIpc) is 2.85. The van der Waals surface area contributed by atoms with Crippen LogP contribution in [0.1, 0.15) is 19.4 Å². The van der Waals surface area contributed by atoms with Gasteiger partial charge >= 0.3 is 6.02 Å². The lowest BCUT2D eigenvalue weighted by atomic mass is 9.93. The highest BCUT2D eigenvalue weighted by Crippen LogP contribution is 2.35. The number of amidine groups is 1. The number of rotatable bonds is 5. The van der Waals surface area contributed by atoms with Crippen molar-refractivity contribution in [3.05, 3.63) is 62.5 Å². The molecule has 1 amide bonds. The summed E-state index contributed by atoms with van der Waals surface area (Å²) in [6.07, 6.45) is 0.452. The molecule has 3 rings (SSSR count). The van der Waals surface area contributed by atoms with Crippen molar-refractivity contribution >= 4 is 68.8 Å². The largest absolute Gasteiger partial charge is 0.390 e. The molecule has 0 saturated heterocycles. The zero-order valence-electron chi connectivity index (χ0n) is 14.7. The Kier molecular flexibility index (Phi) is 6.41. The Hall–Kier alpha value is -1.21. The van der Waals surface area contributed by atoms with Crippen LogP contribution in [0, 0.1) is 0 Å². The SMILES string of the molecule is CCSOC1=NC(C)(Cc2ccc(Br)cc2)C(=O)N1c1cc(Cl)cc(Cl)c1. The van der Waals surface area contributed by atoms with E-state index in [-0.39, 0.29) is 11.9 Å². The van der Waals surface area contributed by atoms with Crippen LogP contribution in [-0.4, -0.2) is 23.2 Å². The molecule has 0 aliphatic carbocycles. The molecular weight excluding hydrogens is 471 g/mol. The predicted octanol–water partition coefficient (Wildman–Crippen LogP) is 6.14. The first kappa shape index (κ1) is 20.5. The Morgan fingerprint density at radius 3 is 2.41 bits per heavy atom. The van der Waals surface area contributed by atoms with Gasteiger partial charge in [0, 0.05) is 26.7 Å². The normalized spacial score (nSPS) is 19.4. The number of hydrogen-bond acceptors (Lipinski definition) is 4. The highest BCUT2D eigenvalue weighted by molar-refractivity contribution is 9.10. The molecule has 0 saturated carbocycles. The topological polar surface area (TPSA) is 41.9 Å². The first-order chi connectivity index (χ1) is 12.8. The quantitative estimate of drug-likeness (QED) is 0.475. The lowest BCUT2D eigenvalue weighted by molar-refractivity contribution is -0.121. The summed E-state index contributed by atoms with van der Waals surface area (Å²) in [6.45, 7) is 3.77. The van der Waals surface area contributed by atoms with E-state index in [1.807, 2.05) is 38.1 Å². The van der Waals surface area contributed by atoms with E-state index < -0.39 is 5.54 Å². The van der Waals surface area contributed by atoms with E-state index in [1.165, 1.54) is 16.9 Å². The maximum absolute atomic E-state index is 13.3. The van der Waals surface area contributed by atoms with E-state index in [9.17, 15) is 4.79 Å². The summed E-state index contributed by atoms with van der Waals surface area (Å²) >= 11 is 16.9. The van der Waals surface area contributed by atoms with E-state index >= 15 is 0 Å². The van der Waals surface area contributed by atoms with Crippen LogP contribution < -0.4 is 4.90 Å². The summed E-state index contributed by atoms with van der Waals surface area (Å²) in [5.74, 6) is 0.538. The minimum atomic E-state index is -0.980. The molecule has 0 spiro atoms.